The van der Waals surface area contributed by atoms with Crippen molar-refractivity contribution >= 4 is 11.7 Å². The van der Waals surface area contributed by atoms with E-state index in [9.17, 15) is 18.0 Å². The Bertz CT molecular complexity index is 961. The number of halogens is 3. The third-order valence-corrected chi connectivity index (χ3v) is 9.33. The van der Waals surface area contributed by atoms with Crippen molar-refractivity contribution in [2.75, 3.05) is 38.3 Å². The summed E-state index contributed by atoms with van der Waals surface area (Å²) in [4.78, 5) is 18.0. The molecular weight excluding hydrogens is 473 g/mol. The van der Waals surface area contributed by atoms with Crippen LogP contribution in [0, 0.1) is 23.2 Å². The molecule has 0 spiro atoms. The minimum absolute atomic E-state index is 0.00174. The largest absolute Gasteiger partial charge is 0.418 e. The molecule has 2 bridgehead atoms. The monoisotopic (exact) mass is 510 g/mol. The van der Waals surface area contributed by atoms with Gasteiger partial charge in [0.15, 0.2) is 5.82 Å². The lowest BCUT2D eigenvalue weighted by atomic mass is 9.73. The van der Waals surface area contributed by atoms with Crippen LogP contribution in [0.2, 0.25) is 0 Å². The van der Waals surface area contributed by atoms with Crippen LogP contribution >= 0.6 is 0 Å². The van der Waals surface area contributed by atoms with Gasteiger partial charge in [0.25, 0.3) is 0 Å². The summed E-state index contributed by atoms with van der Waals surface area (Å²) in [5.74, 6) is 1.67. The average Bonchev–Trinajstić information content (AvgIpc) is 3.58. The molecular formula is C26H37F3N4O3. The molecule has 36 heavy (non-hydrogen) atoms. The van der Waals surface area contributed by atoms with Gasteiger partial charge < -0.3 is 19.3 Å². The van der Waals surface area contributed by atoms with E-state index in [1.54, 1.807) is 7.11 Å². The quantitative estimate of drug-likeness (QED) is 0.572. The van der Waals surface area contributed by atoms with Gasteiger partial charge in [0.1, 0.15) is 0 Å². The maximum absolute atomic E-state index is 14.1. The number of hydrogen-bond acceptors (Lipinski definition) is 6. The maximum atomic E-state index is 14.1. The van der Waals surface area contributed by atoms with Crippen LogP contribution in [0.15, 0.2) is 12.3 Å². The second kappa shape index (κ2) is 9.74. The lowest BCUT2D eigenvalue weighted by Gasteiger charge is -2.42. The van der Waals surface area contributed by atoms with E-state index in [-0.39, 0.29) is 41.2 Å². The minimum Gasteiger partial charge on any atom is -0.379 e. The fraction of sp³-hybridized carbons (Fsp3) is 0.808. The normalized spacial score (nSPS) is 34.7. The fourth-order valence-electron chi connectivity index (χ4n) is 7.20. The Morgan fingerprint density at radius 1 is 1.28 bits per heavy atom. The lowest BCUT2D eigenvalue weighted by molar-refractivity contribution is -0.146. The molecule has 10 heteroatoms. The SMILES string of the molecule is CO[C@@H]1COCC[C@@H]1C[C@@H]1CC[C@@](C(=O)N2C[C@@H]3C[C@H]2CN3c2cc(C(F)(F)F)cnn2)(C(C)C)C1. The van der Waals surface area contributed by atoms with Gasteiger partial charge in [0.05, 0.1) is 42.0 Å². The Balaban J connectivity index is 1.26. The predicted octanol–water partition coefficient (Wildman–Crippen LogP) is 4.17. The zero-order valence-electron chi connectivity index (χ0n) is 21.3. The van der Waals surface area contributed by atoms with Gasteiger partial charge in [-0.25, -0.2) is 0 Å². The number of rotatable bonds is 6. The number of carbonyl (C=O) groups excluding carboxylic acids is 1. The smallest absolute Gasteiger partial charge is 0.379 e. The van der Waals surface area contributed by atoms with E-state index in [1.807, 2.05) is 9.80 Å². The Kier molecular flexibility index (Phi) is 6.95. The Morgan fingerprint density at radius 2 is 2.08 bits per heavy atom. The highest BCUT2D eigenvalue weighted by Crippen LogP contribution is 2.52. The first-order chi connectivity index (χ1) is 17.1. The number of carbonyl (C=O) groups is 1. The summed E-state index contributed by atoms with van der Waals surface area (Å²) in [7, 11) is 1.75. The van der Waals surface area contributed by atoms with Crippen molar-refractivity contribution in [3.63, 3.8) is 0 Å². The summed E-state index contributed by atoms with van der Waals surface area (Å²) in [6, 6.07) is 1.05. The van der Waals surface area contributed by atoms with Gasteiger partial charge in [-0.05, 0) is 62.3 Å². The van der Waals surface area contributed by atoms with E-state index < -0.39 is 11.7 Å². The molecule has 0 aromatic carbocycles. The van der Waals surface area contributed by atoms with Crippen molar-refractivity contribution in [3.05, 3.63) is 17.8 Å². The van der Waals surface area contributed by atoms with Gasteiger partial charge in [-0.2, -0.15) is 18.3 Å². The zero-order valence-corrected chi connectivity index (χ0v) is 21.3. The summed E-state index contributed by atoms with van der Waals surface area (Å²) in [5, 5.41) is 7.56. The van der Waals surface area contributed by atoms with Gasteiger partial charge in [0.2, 0.25) is 5.91 Å². The molecule has 4 aliphatic rings. The highest BCUT2D eigenvalue weighted by molar-refractivity contribution is 5.84. The molecule has 6 atom stereocenters. The number of likely N-dealkylation sites (tertiary alicyclic amines) is 1. The number of aromatic nitrogens is 2. The molecule has 0 N–H and O–H groups in total. The zero-order chi connectivity index (χ0) is 25.7. The van der Waals surface area contributed by atoms with Crippen molar-refractivity contribution in [1.82, 2.24) is 15.1 Å². The van der Waals surface area contributed by atoms with E-state index in [0.717, 1.165) is 57.4 Å². The van der Waals surface area contributed by atoms with Crippen molar-refractivity contribution in [3.8, 4) is 0 Å². The van der Waals surface area contributed by atoms with Gasteiger partial charge in [0, 0.05) is 26.8 Å². The molecule has 3 saturated heterocycles. The van der Waals surface area contributed by atoms with Crippen LogP contribution in [0.4, 0.5) is 19.0 Å². The molecule has 4 fully saturated rings. The molecule has 0 radical (unpaired) electrons. The summed E-state index contributed by atoms with van der Waals surface area (Å²) in [6.07, 6.45) is 2.10. The van der Waals surface area contributed by atoms with Crippen molar-refractivity contribution in [2.45, 2.75) is 76.7 Å². The lowest BCUT2D eigenvalue weighted by Crippen LogP contribution is -2.54. The van der Waals surface area contributed by atoms with Crippen LogP contribution in [0.1, 0.15) is 57.9 Å². The van der Waals surface area contributed by atoms with Crippen LogP contribution in [0.3, 0.4) is 0 Å². The number of alkyl halides is 3. The fourth-order valence-corrected chi connectivity index (χ4v) is 7.20. The first-order valence-electron chi connectivity index (χ1n) is 13.2. The van der Waals surface area contributed by atoms with E-state index in [0.29, 0.717) is 31.5 Å². The van der Waals surface area contributed by atoms with Crippen LogP contribution in [-0.4, -0.2) is 72.6 Å². The standard InChI is InChI=1S/C26H37F3N4O3/c1-16(2)25(6-4-17(11-25)8-18-5-7-36-15-22(18)35-3)24(34)33-14-20-10-21(33)13-32(20)23-9-19(12-30-31-23)26(27,28)29/h9,12,16-18,20-22H,4-8,10-11,13-15H2,1-3H3/t17-,18+,20-,21-,22+,25-/m0/s1. The van der Waals surface area contributed by atoms with Crippen molar-refractivity contribution in [2.24, 2.45) is 23.2 Å². The molecule has 4 heterocycles. The predicted molar refractivity (Wildman–Crippen MR) is 127 cm³/mol. The number of nitrogens with zero attached hydrogens (tertiary/aromatic N) is 4. The number of ether oxygens (including phenoxy) is 2. The Hall–Kier alpha value is -1.94. The first kappa shape index (κ1) is 25.7. The first-order valence-corrected chi connectivity index (χ1v) is 13.2. The molecule has 5 rings (SSSR count). The molecule has 1 aliphatic carbocycles. The molecule has 1 saturated carbocycles. The highest BCUT2D eigenvalue weighted by Gasteiger charge is 2.54. The van der Waals surface area contributed by atoms with Gasteiger partial charge in [-0.1, -0.05) is 13.8 Å². The molecule has 0 unspecified atom stereocenters. The van der Waals surface area contributed by atoms with Crippen molar-refractivity contribution < 1.29 is 27.4 Å². The van der Waals surface area contributed by atoms with Crippen molar-refractivity contribution in [1.29, 1.82) is 0 Å². The van der Waals surface area contributed by atoms with Crippen LogP contribution < -0.4 is 4.90 Å². The molecule has 1 amide bonds. The number of anilines is 1. The Morgan fingerprint density at radius 3 is 2.75 bits per heavy atom. The summed E-state index contributed by atoms with van der Waals surface area (Å²) >= 11 is 0. The number of methoxy groups -OCH3 is 1. The number of hydrogen-bond donors (Lipinski definition) is 0. The van der Waals surface area contributed by atoms with Gasteiger partial charge in [-0.3, -0.25) is 4.79 Å². The number of amides is 1. The maximum Gasteiger partial charge on any atom is 0.418 e. The van der Waals surface area contributed by atoms with E-state index >= 15 is 0 Å². The van der Waals surface area contributed by atoms with Gasteiger partial charge >= 0.3 is 6.18 Å². The summed E-state index contributed by atoms with van der Waals surface area (Å²) in [6.45, 7) is 6.77. The topological polar surface area (TPSA) is 67.8 Å². The van der Waals surface area contributed by atoms with Crippen LogP contribution in [0.25, 0.3) is 0 Å². The van der Waals surface area contributed by atoms with Crippen LogP contribution in [0.5, 0.6) is 0 Å². The molecule has 1 aromatic rings. The minimum atomic E-state index is -4.46. The average molecular weight is 511 g/mol. The number of fused-ring (bicyclic) bond motifs is 2. The number of piperazine rings is 1. The molecule has 200 valence electrons. The van der Waals surface area contributed by atoms with E-state index in [2.05, 4.69) is 24.0 Å². The van der Waals surface area contributed by atoms with E-state index in [1.165, 1.54) is 0 Å². The van der Waals surface area contributed by atoms with Crippen LogP contribution in [-0.2, 0) is 20.4 Å². The van der Waals surface area contributed by atoms with Gasteiger partial charge in [-0.15, -0.1) is 5.10 Å². The highest BCUT2D eigenvalue weighted by atomic mass is 19.4. The molecule has 1 aromatic heterocycles. The second-order valence-corrected chi connectivity index (χ2v) is 11.5. The summed E-state index contributed by atoms with van der Waals surface area (Å²) < 4.78 is 50.8. The van der Waals surface area contributed by atoms with E-state index in [4.69, 9.17) is 9.47 Å². The third kappa shape index (κ3) is 4.59. The Labute approximate surface area is 210 Å². The molecule has 7 nitrogen and oxygen atoms in total. The third-order valence-electron chi connectivity index (χ3n) is 9.33. The summed E-state index contributed by atoms with van der Waals surface area (Å²) in [5.41, 5.74) is -1.16. The molecule has 3 aliphatic heterocycles. The second-order valence-electron chi connectivity index (χ2n) is 11.5.